The quantitative estimate of drug-likeness (QED) is 0.834. The average molecular weight is 292 g/mol. The average Bonchev–Trinajstić information content (AvgIpc) is 2.51. The first-order valence-corrected chi connectivity index (χ1v) is 6.77. The van der Waals surface area contributed by atoms with E-state index in [0.717, 1.165) is 0 Å². The number of ether oxygens (including phenoxy) is 2. The minimum Gasteiger partial charge on any atom is -0.497 e. The summed E-state index contributed by atoms with van der Waals surface area (Å²) in [5.74, 6) is 0.849. The van der Waals surface area contributed by atoms with Crippen LogP contribution < -0.4 is 9.47 Å². The van der Waals surface area contributed by atoms with Crippen molar-refractivity contribution in [2.24, 2.45) is 0 Å². The fourth-order valence-corrected chi connectivity index (χ4v) is 2.39. The molecule has 1 aromatic rings. The number of amides is 2. The van der Waals surface area contributed by atoms with Crippen LogP contribution in [0.1, 0.15) is 17.3 Å². The maximum Gasteiger partial charge on any atom is 0.254 e. The lowest BCUT2D eigenvalue weighted by Gasteiger charge is -2.37. The van der Waals surface area contributed by atoms with Gasteiger partial charge in [0.15, 0.2) is 0 Å². The highest BCUT2D eigenvalue weighted by Crippen LogP contribution is 2.24. The molecule has 1 atom stereocenters. The summed E-state index contributed by atoms with van der Waals surface area (Å²) < 4.78 is 10.3. The van der Waals surface area contributed by atoms with E-state index in [1.54, 1.807) is 42.0 Å². The number of nitrogens with zero attached hydrogens (tertiary/aromatic N) is 2. The second-order valence-corrected chi connectivity index (χ2v) is 5.04. The number of carbonyl (C=O) groups excluding carboxylic acids is 2. The largest absolute Gasteiger partial charge is 0.497 e. The minimum absolute atomic E-state index is 0.0514. The van der Waals surface area contributed by atoms with Crippen molar-refractivity contribution >= 4 is 11.8 Å². The highest BCUT2D eigenvalue weighted by molar-refractivity contribution is 5.98. The summed E-state index contributed by atoms with van der Waals surface area (Å²) in [6.07, 6.45) is 0. The molecule has 1 heterocycles. The molecule has 1 saturated heterocycles. The lowest BCUT2D eigenvalue weighted by molar-refractivity contribution is -0.137. The molecule has 1 fully saturated rings. The predicted molar refractivity (Wildman–Crippen MR) is 77.7 cm³/mol. The Balaban J connectivity index is 2.29. The third kappa shape index (κ3) is 2.94. The third-order valence-corrected chi connectivity index (χ3v) is 3.74. The standard InChI is InChI=1S/C15H20N2O4/c1-10-14(18)16(2)5-6-17(10)15(19)11-7-12(20-3)9-13(8-11)21-4/h7-10H,5-6H2,1-4H3. The number of rotatable bonds is 3. The molecule has 0 N–H and O–H groups in total. The molecule has 0 saturated carbocycles. The summed E-state index contributed by atoms with van der Waals surface area (Å²) in [7, 11) is 4.81. The zero-order chi connectivity index (χ0) is 15.6. The Morgan fingerprint density at radius 2 is 1.71 bits per heavy atom. The van der Waals surface area contributed by atoms with Gasteiger partial charge in [-0.15, -0.1) is 0 Å². The van der Waals surface area contributed by atoms with Gasteiger partial charge in [0.25, 0.3) is 5.91 Å². The van der Waals surface area contributed by atoms with E-state index in [2.05, 4.69) is 0 Å². The van der Waals surface area contributed by atoms with Crippen LogP contribution in [0.5, 0.6) is 11.5 Å². The van der Waals surface area contributed by atoms with Crippen LogP contribution in [0.3, 0.4) is 0 Å². The summed E-state index contributed by atoms with van der Waals surface area (Å²) in [6, 6.07) is 4.55. The Labute approximate surface area is 124 Å². The molecule has 2 amide bonds. The highest BCUT2D eigenvalue weighted by Gasteiger charge is 2.33. The maximum atomic E-state index is 12.6. The number of hydrogen-bond donors (Lipinski definition) is 0. The first kappa shape index (κ1) is 15.2. The Kier molecular flexibility index (Phi) is 4.35. The van der Waals surface area contributed by atoms with Gasteiger partial charge in [0.05, 0.1) is 14.2 Å². The Hall–Kier alpha value is -2.24. The highest BCUT2D eigenvalue weighted by atomic mass is 16.5. The number of benzene rings is 1. The lowest BCUT2D eigenvalue weighted by atomic mass is 10.1. The van der Waals surface area contributed by atoms with Crippen LogP contribution in [-0.4, -0.2) is 62.0 Å². The van der Waals surface area contributed by atoms with E-state index in [1.807, 2.05) is 0 Å². The van der Waals surface area contributed by atoms with Crippen molar-refractivity contribution in [1.29, 1.82) is 0 Å². The lowest BCUT2D eigenvalue weighted by Crippen LogP contribution is -2.56. The second kappa shape index (κ2) is 6.03. The van der Waals surface area contributed by atoms with Gasteiger partial charge in [-0.1, -0.05) is 0 Å². The molecule has 0 radical (unpaired) electrons. The smallest absolute Gasteiger partial charge is 0.254 e. The van der Waals surface area contributed by atoms with Crippen LogP contribution in [0, 0.1) is 0 Å². The van der Waals surface area contributed by atoms with Crippen molar-refractivity contribution < 1.29 is 19.1 Å². The SMILES string of the molecule is COc1cc(OC)cc(C(=O)N2CCN(C)C(=O)C2C)c1. The first-order valence-electron chi connectivity index (χ1n) is 6.77. The van der Waals surface area contributed by atoms with E-state index in [-0.39, 0.29) is 11.8 Å². The molecule has 1 aliphatic heterocycles. The monoisotopic (exact) mass is 292 g/mol. The molecule has 1 aliphatic rings. The number of hydrogen-bond acceptors (Lipinski definition) is 4. The van der Waals surface area contributed by atoms with E-state index in [9.17, 15) is 9.59 Å². The fraction of sp³-hybridized carbons (Fsp3) is 0.467. The van der Waals surface area contributed by atoms with E-state index >= 15 is 0 Å². The van der Waals surface area contributed by atoms with Crippen LogP contribution >= 0.6 is 0 Å². The van der Waals surface area contributed by atoms with Gasteiger partial charge in [0, 0.05) is 31.8 Å². The van der Waals surface area contributed by atoms with Gasteiger partial charge in [0.1, 0.15) is 17.5 Å². The van der Waals surface area contributed by atoms with Gasteiger partial charge < -0.3 is 19.3 Å². The summed E-state index contributed by atoms with van der Waals surface area (Å²) in [5.41, 5.74) is 0.454. The van der Waals surface area contributed by atoms with Crippen LogP contribution in [0.15, 0.2) is 18.2 Å². The van der Waals surface area contributed by atoms with E-state index in [1.165, 1.54) is 14.2 Å². The molecule has 0 bridgehead atoms. The zero-order valence-electron chi connectivity index (χ0n) is 12.8. The summed E-state index contributed by atoms with van der Waals surface area (Å²) >= 11 is 0. The molecule has 21 heavy (non-hydrogen) atoms. The first-order chi connectivity index (χ1) is 9.97. The molecule has 0 aliphatic carbocycles. The van der Waals surface area contributed by atoms with Crippen molar-refractivity contribution in [2.75, 3.05) is 34.4 Å². The molecule has 6 nitrogen and oxygen atoms in total. The van der Waals surface area contributed by atoms with Gasteiger partial charge in [0.2, 0.25) is 5.91 Å². The van der Waals surface area contributed by atoms with E-state index in [0.29, 0.717) is 30.2 Å². The molecule has 114 valence electrons. The molecular weight excluding hydrogens is 272 g/mol. The normalized spacial score (nSPS) is 18.7. The van der Waals surface area contributed by atoms with Gasteiger partial charge >= 0.3 is 0 Å². The van der Waals surface area contributed by atoms with Gasteiger partial charge in [-0.3, -0.25) is 9.59 Å². The molecule has 2 rings (SSSR count). The fourth-order valence-electron chi connectivity index (χ4n) is 2.39. The third-order valence-electron chi connectivity index (χ3n) is 3.74. The van der Waals surface area contributed by atoms with E-state index < -0.39 is 6.04 Å². The molecule has 0 aromatic heterocycles. The topological polar surface area (TPSA) is 59.1 Å². The van der Waals surface area contributed by atoms with Crippen molar-refractivity contribution in [2.45, 2.75) is 13.0 Å². The molecule has 1 aromatic carbocycles. The van der Waals surface area contributed by atoms with Crippen LogP contribution in [0.4, 0.5) is 0 Å². The molecule has 1 unspecified atom stereocenters. The number of likely N-dealkylation sites (N-methyl/N-ethyl adjacent to an activating group) is 1. The van der Waals surface area contributed by atoms with Crippen molar-refractivity contribution in [1.82, 2.24) is 9.80 Å². The summed E-state index contributed by atoms with van der Waals surface area (Å²) in [4.78, 5) is 27.9. The number of methoxy groups -OCH3 is 2. The Morgan fingerprint density at radius 1 is 1.14 bits per heavy atom. The van der Waals surface area contributed by atoms with Gasteiger partial charge in [-0.05, 0) is 19.1 Å². The Morgan fingerprint density at radius 3 is 2.24 bits per heavy atom. The maximum absolute atomic E-state index is 12.6. The molecular formula is C15H20N2O4. The summed E-state index contributed by atoms with van der Waals surface area (Å²) in [6.45, 7) is 2.80. The van der Waals surface area contributed by atoms with Crippen molar-refractivity contribution in [3.05, 3.63) is 23.8 Å². The zero-order valence-corrected chi connectivity index (χ0v) is 12.8. The van der Waals surface area contributed by atoms with Crippen LogP contribution in [0.25, 0.3) is 0 Å². The van der Waals surface area contributed by atoms with Crippen LogP contribution in [0.2, 0.25) is 0 Å². The predicted octanol–water partition coefficient (Wildman–Crippen LogP) is 1.01. The number of piperazine rings is 1. The van der Waals surface area contributed by atoms with Gasteiger partial charge in [-0.25, -0.2) is 0 Å². The van der Waals surface area contributed by atoms with Gasteiger partial charge in [-0.2, -0.15) is 0 Å². The number of carbonyl (C=O) groups is 2. The van der Waals surface area contributed by atoms with Crippen molar-refractivity contribution in [3.8, 4) is 11.5 Å². The summed E-state index contributed by atoms with van der Waals surface area (Å²) in [5, 5.41) is 0. The molecule has 6 heteroatoms. The minimum atomic E-state index is -0.464. The van der Waals surface area contributed by atoms with Crippen LogP contribution in [-0.2, 0) is 4.79 Å². The Bertz CT molecular complexity index is 536. The van der Waals surface area contributed by atoms with E-state index in [4.69, 9.17) is 9.47 Å². The van der Waals surface area contributed by atoms with Crippen molar-refractivity contribution in [3.63, 3.8) is 0 Å². The molecule has 0 spiro atoms. The second-order valence-electron chi connectivity index (χ2n) is 5.04.